The third-order valence-electron chi connectivity index (χ3n) is 6.87. The Kier molecular flexibility index (Phi) is 6.29. The number of rotatable bonds is 6. The Hall–Kier alpha value is -1.00. The Bertz CT molecular complexity index is 994. The van der Waals surface area contributed by atoms with Gasteiger partial charge in [0.1, 0.15) is 0 Å². The molecule has 3 aliphatic heterocycles. The zero-order chi connectivity index (χ0) is 21.5. The molecule has 9 heteroatoms. The minimum absolute atomic E-state index is 0.0110. The molecule has 0 saturated carbocycles. The van der Waals surface area contributed by atoms with E-state index in [0.29, 0.717) is 24.9 Å². The van der Waals surface area contributed by atoms with E-state index in [1.807, 2.05) is 0 Å². The summed E-state index contributed by atoms with van der Waals surface area (Å²) in [4.78, 5) is 2.56. The third-order valence-corrected chi connectivity index (χ3v) is 9.57. The van der Waals surface area contributed by atoms with Crippen molar-refractivity contribution in [3.8, 4) is 0 Å². The van der Waals surface area contributed by atoms with Crippen LogP contribution in [0.2, 0.25) is 0 Å². The number of aryl methyl sites for hydroxylation is 1. The Balaban J connectivity index is 1.49. The fourth-order valence-corrected chi connectivity index (χ4v) is 7.85. The van der Waals surface area contributed by atoms with Gasteiger partial charge >= 0.3 is 0 Å². The first-order valence-corrected chi connectivity index (χ1v) is 14.4. The number of hydrogen-bond donors (Lipinski definition) is 1. The lowest BCUT2D eigenvalue weighted by Gasteiger charge is -2.51. The summed E-state index contributed by atoms with van der Waals surface area (Å²) < 4.78 is 52.9. The maximum absolute atomic E-state index is 13.2. The number of hydrogen-bond acceptors (Lipinski definition) is 5. The number of piperidine rings is 2. The van der Waals surface area contributed by atoms with E-state index in [1.54, 1.807) is 4.31 Å². The smallest absolute Gasteiger partial charge is 0.214 e. The summed E-state index contributed by atoms with van der Waals surface area (Å²) in [6.07, 6.45) is 5.28. The highest BCUT2D eigenvalue weighted by Gasteiger charge is 2.45. The Labute approximate surface area is 180 Å². The van der Waals surface area contributed by atoms with Crippen molar-refractivity contribution in [1.29, 1.82) is 0 Å². The van der Waals surface area contributed by atoms with Gasteiger partial charge in [-0.05, 0) is 56.1 Å². The first kappa shape index (κ1) is 22.2. The van der Waals surface area contributed by atoms with Crippen LogP contribution < -0.4 is 4.72 Å². The van der Waals surface area contributed by atoms with Crippen molar-refractivity contribution in [2.75, 3.05) is 38.2 Å². The molecule has 3 heterocycles. The quantitative estimate of drug-likeness (QED) is 0.659. The molecule has 168 valence electrons. The van der Waals surface area contributed by atoms with E-state index in [9.17, 15) is 16.8 Å². The standard InChI is InChI=1S/C21H33N3O4S2/c1-16-6-7-19-17(13-16)8-11-23-15-18-5-3-10-24(20(18)14-21(19)23)30(27,28)12-4-9-22-29(2,25)26/h6-7,13,18,20-22H,3-5,8-12,14-15H2,1-2H3/t18-,20+,21-/m0/s1. The molecule has 0 bridgehead atoms. The van der Waals surface area contributed by atoms with Crippen LogP contribution in [0.4, 0.5) is 0 Å². The molecule has 3 atom stereocenters. The third kappa shape index (κ3) is 4.75. The average Bonchev–Trinajstić information content (AvgIpc) is 2.68. The van der Waals surface area contributed by atoms with E-state index in [4.69, 9.17) is 0 Å². The Morgan fingerprint density at radius 1 is 1.17 bits per heavy atom. The van der Waals surface area contributed by atoms with Gasteiger partial charge in [0.2, 0.25) is 20.0 Å². The number of sulfonamides is 2. The molecule has 0 amide bonds. The SMILES string of the molecule is Cc1ccc2c(c1)CCN1C[C@@H]3CCCN(S(=O)(=O)CCCNS(C)(=O)=O)[C@@H]3C[C@@H]21. The summed E-state index contributed by atoms with van der Waals surface area (Å²) in [6, 6.07) is 7.01. The Morgan fingerprint density at radius 3 is 2.73 bits per heavy atom. The summed E-state index contributed by atoms with van der Waals surface area (Å²) in [6.45, 7) is 4.87. The maximum atomic E-state index is 13.2. The number of benzene rings is 1. The maximum Gasteiger partial charge on any atom is 0.214 e. The van der Waals surface area contributed by atoms with Gasteiger partial charge in [-0.2, -0.15) is 4.31 Å². The van der Waals surface area contributed by atoms with E-state index in [-0.39, 0.29) is 18.3 Å². The zero-order valence-corrected chi connectivity index (χ0v) is 19.5. The zero-order valence-electron chi connectivity index (χ0n) is 17.9. The Morgan fingerprint density at radius 2 is 1.97 bits per heavy atom. The van der Waals surface area contributed by atoms with Crippen molar-refractivity contribution in [3.05, 3.63) is 34.9 Å². The monoisotopic (exact) mass is 455 g/mol. The van der Waals surface area contributed by atoms with E-state index >= 15 is 0 Å². The van der Waals surface area contributed by atoms with Gasteiger partial charge in [-0.25, -0.2) is 21.6 Å². The molecule has 0 aromatic heterocycles. The minimum Gasteiger partial charge on any atom is -0.296 e. The molecule has 3 aliphatic rings. The molecule has 30 heavy (non-hydrogen) atoms. The van der Waals surface area contributed by atoms with Crippen LogP contribution in [0.1, 0.15) is 48.4 Å². The van der Waals surface area contributed by atoms with E-state index in [0.717, 1.165) is 45.0 Å². The minimum atomic E-state index is -3.41. The van der Waals surface area contributed by atoms with E-state index in [1.165, 1.54) is 16.7 Å². The predicted octanol–water partition coefficient (Wildman–Crippen LogP) is 1.65. The molecule has 0 spiro atoms. The van der Waals surface area contributed by atoms with Crippen LogP contribution in [0.5, 0.6) is 0 Å². The first-order chi connectivity index (χ1) is 14.1. The summed E-state index contributed by atoms with van der Waals surface area (Å²) in [7, 11) is -6.71. The van der Waals surface area contributed by atoms with Crippen molar-refractivity contribution in [3.63, 3.8) is 0 Å². The number of fused-ring (bicyclic) bond motifs is 4. The van der Waals surface area contributed by atoms with Gasteiger partial charge in [-0.1, -0.05) is 23.8 Å². The molecule has 1 aromatic rings. The summed E-state index contributed by atoms with van der Waals surface area (Å²) >= 11 is 0. The van der Waals surface area contributed by atoms with E-state index in [2.05, 4.69) is 34.7 Å². The molecule has 0 unspecified atom stereocenters. The first-order valence-electron chi connectivity index (χ1n) is 10.9. The molecule has 7 nitrogen and oxygen atoms in total. The van der Waals surface area contributed by atoms with Crippen LogP contribution in [0.3, 0.4) is 0 Å². The van der Waals surface area contributed by atoms with Crippen molar-refractivity contribution >= 4 is 20.0 Å². The molecule has 1 aromatic carbocycles. The van der Waals surface area contributed by atoms with Crippen LogP contribution in [-0.4, -0.2) is 70.3 Å². The molecule has 2 saturated heterocycles. The van der Waals surface area contributed by atoms with Crippen LogP contribution in [0, 0.1) is 12.8 Å². The predicted molar refractivity (Wildman–Crippen MR) is 118 cm³/mol. The lowest BCUT2D eigenvalue weighted by atomic mass is 9.77. The molecular weight excluding hydrogens is 422 g/mol. The van der Waals surface area contributed by atoms with Crippen molar-refractivity contribution in [1.82, 2.24) is 13.9 Å². The molecule has 4 rings (SSSR count). The van der Waals surface area contributed by atoms with Crippen molar-refractivity contribution < 1.29 is 16.8 Å². The molecule has 2 fully saturated rings. The second-order valence-electron chi connectivity index (χ2n) is 9.12. The molecule has 0 aliphatic carbocycles. The second-order valence-corrected chi connectivity index (χ2v) is 13.0. The van der Waals surface area contributed by atoms with Crippen LogP contribution in [-0.2, 0) is 26.5 Å². The van der Waals surface area contributed by atoms with Crippen LogP contribution >= 0.6 is 0 Å². The summed E-state index contributed by atoms with van der Waals surface area (Å²) in [5, 5.41) is 0. The average molecular weight is 456 g/mol. The van der Waals surface area contributed by atoms with Crippen molar-refractivity contribution in [2.24, 2.45) is 5.92 Å². The highest BCUT2D eigenvalue weighted by molar-refractivity contribution is 7.89. The number of nitrogens with one attached hydrogen (secondary N) is 1. The highest BCUT2D eigenvalue weighted by Crippen LogP contribution is 2.43. The fourth-order valence-electron chi connectivity index (χ4n) is 5.52. The molecule has 1 N–H and O–H groups in total. The van der Waals surface area contributed by atoms with Crippen molar-refractivity contribution in [2.45, 2.75) is 51.1 Å². The lowest BCUT2D eigenvalue weighted by molar-refractivity contribution is 0.0220. The van der Waals surface area contributed by atoms with Gasteiger partial charge in [-0.15, -0.1) is 0 Å². The van der Waals surface area contributed by atoms with Gasteiger partial charge in [0.25, 0.3) is 0 Å². The topological polar surface area (TPSA) is 86.8 Å². The molecular formula is C21H33N3O4S2. The molecule has 0 radical (unpaired) electrons. The summed E-state index contributed by atoms with van der Waals surface area (Å²) in [5.41, 5.74) is 4.05. The summed E-state index contributed by atoms with van der Waals surface area (Å²) in [5.74, 6) is 0.369. The second kappa shape index (κ2) is 8.50. The van der Waals surface area contributed by atoms with Crippen LogP contribution in [0.15, 0.2) is 18.2 Å². The van der Waals surface area contributed by atoms with Crippen LogP contribution in [0.25, 0.3) is 0 Å². The van der Waals surface area contributed by atoms with Gasteiger partial charge in [0, 0.05) is 38.3 Å². The largest absolute Gasteiger partial charge is 0.296 e. The fraction of sp³-hybridized carbons (Fsp3) is 0.714. The lowest BCUT2D eigenvalue weighted by Crippen LogP contribution is -2.57. The normalized spacial score (nSPS) is 27.9. The highest BCUT2D eigenvalue weighted by atomic mass is 32.2. The van der Waals surface area contributed by atoms with Gasteiger partial charge in [0.05, 0.1) is 12.0 Å². The van der Waals surface area contributed by atoms with E-state index < -0.39 is 20.0 Å². The van der Waals surface area contributed by atoms with Gasteiger partial charge < -0.3 is 0 Å². The number of nitrogens with zero attached hydrogens (tertiary/aromatic N) is 2. The van der Waals surface area contributed by atoms with Gasteiger partial charge in [-0.3, -0.25) is 4.90 Å². The van der Waals surface area contributed by atoms with Gasteiger partial charge in [0.15, 0.2) is 0 Å².